The van der Waals surface area contributed by atoms with Crippen molar-refractivity contribution in [2.45, 2.75) is 19.4 Å². The summed E-state index contributed by atoms with van der Waals surface area (Å²) in [6.45, 7) is 2.28. The number of amides is 2. The lowest BCUT2D eigenvalue weighted by atomic mass is 10.1. The molecular formula is C23H22Cl2N2O2S. The number of carbonyl (C=O) groups is 2. The Bertz CT molecular complexity index is 994. The minimum absolute atomic E-state index is 0.245. The minimum atomic E-state index is -0.829. The molecule has 1 atom stereocenters. The van der Waals surface area contributed by atoms with Crippen LogP contribution in [0.15, 0.2) is 66.0 Å². The number of rotatable bonds is 8. The Hall–Kier alpha value is -2.34. The third kappa shape index (κ3) is 5.22. The van der Waals surface area contributed by atoms with E-state index in [9.17, 15) is 9.59 Å². The summed E-state index contributed by atoms with van der Waals surface area (Å²) in [5.41, 5.74) is 2.42. The maximum Gasteiger partial charge on any atom is 0.248 e. The number of hydrogen-bond acceptors (Lipinski definition) is 3. The number of anilines is 1. The Kier molecular flexibility index (Phi) is 7.91. The number of nitrogens with one attached hydrogen (secondary N) is 1. The van der Waals surface area contributed by atoms with Gasteiger partial charge in [0.05, 0.1) is 0 Å². The molecule has 3 aromatic rings. The molecule has 156 valence electrons. The second kappa shape index (κ2) is 10.6. The van der Waals surface area contributed by atoms with Crippen LogP contribution in [0.1, 0.15) is 22.0 Å². The number of hydrogen-bond donors (Lipinski definition) is 1. The molecule has 1 unspecified atom stereocenters. The fourth-order valence-corrected chi connectivity index (χ4v) is 4.34. The first kappa shape index (κ1) is 22.3. The van der Waals surface area contributed by atoms with Crippen LogP contribution in [0.3, 0.4) is 0 Å². The van der Waals surface area contributed by atoms with E-state index in [1.807, 2.05) is 54.8 Å². The quantitative estimate of drug-likeness (QED) is 0.458. The van der Waals surface area contributed by atoms with Crippen molar-refractivity contribution in [2.24, 2.45) is 0 Å². The molecule has 1 N–H and O–H groups in total. The lowest BCUT2D eigenvalue weighted by Gasteiger charge is -2.31. The SMILES string of the molecule is Cc1c(Cl)cccc1N(C(=O)CCl)C(C(=O)NCCc1ccccc1)c1cccs1. The predicted molar refractivity (Wildman–Crippen MR) is 125 cm³/mol. The lowest BCUT2D eigenvalue weighted by Crippen LogP contribution is -2.45. The number of halogens is 2. The molecule has 2 amide bonds. The van der Waals surface area contributed by atoms with Gasteiger partial charge in [-0.3, -0.25) is 14.5 Å². The van der Waals surface area contributed by atoms with Gasteiger partial charge >= 0.3 is 0 Å². The summed E-state index contributed by atoms with van der Waals surface area (Å²) in [5, 5.41) is 5.39. The van der Waals surface area contributed by atoms with Crippen LogP contribution in [0.4, 0.5) is 5.69 Å². The van der Waals surface area contributed by atoms with Crippen molar-refractivity contribution in [3.8, 4) is 0 Å². The number of alkyl halides is 1. The van der Waals surface area contributed by atoms with Crippen LogP contribution >= 0.6 is 34.5 Å². The predicted octanol–water partition coefficient (Wildman–Crippen LogP) is 5.38. The minimum Gasteiger partial charge on any atom is -0.354 e. The summed E-state index contributed by atoms with van der Waals surface area (Å²) in [5.74, 6) is -0.865. The van der Waals surface area contributed by atoms with Gasteiger partial charge in [0.15, 0.2) is 0 Å². The number of nitrogens with zero attached hydrogens (tertiary/aromatic N) is 1. The second-order valence-corrected chi connectivity index (χ2v) is 8.38. The van der Waals surface area contributed by atoms with Crippen LogP contribution in [-0.2, 0) is 16.0 Å². The van der Waals surface area contributed by atoms with Gasteiger partial charge in [0.25, 0.3) is 0 Å². The monoisotopic (exact) mass is 460 g/mol. The smallest absolute Gasteiger partial charge is 0.248 e. The Morgan fingerprint density at radius 1 is 1.07 bits per heavy atom. The third-order valence-electron chi connectivity index (χ3n) is 4.76. The first-order valence-electron chi connectivity index (χ1n) is 9.51. The third-order valence-corrected chi connectivity index (χ3v) is 6.32. The molecule has 3 rings (SSSR count). The zero-order valence-corrected chi connectivity index (χ0v) is 18.8. The molecule has 0 saturated carbocycles. The van der Waals surface area contributed by atoms with Crippen molar-refractivity contribution < 1.29 is 9.59 Å². The van der Waals surface area contributed by atoms with E-state index in [1.54, 1.807) is 18.2 Å². The fraction of sp³-hybridized carbons (Fsp3) is 0.217. The second-order valence-electron chi connectivity index (χ2n) is 6.73. The highest BCUT2D eigenvalue weighted by Gasteiger charge is 2.34. The first-order chi connectivity index (χ1) is 14.5. The van der Waals surface area contributed by atoms with E-state index in [1.165, 1.54) is 16.2 Å². The molecule has 0 fully saturated rings. The van der Waals surface area contributed by atoms with Gasteiger partial charge in [0.2, 0.25) is 11.8 Å². The molecule has 1 heterocycles. The van der Waals surface area contributed by atoms with E-state index >= 15 is 0 Å². The molecule has 1 aromatic heterocycles. The molecule has 2 aromatic carbocycles. The number of carbonyl (C=O) groups excluding carboxylic acids is 2. The van der Waals surface area contributed by atoms with Crippen LogP contribution in [0.25, 0.3) is 0 Å². The molecule has 0 aliphatic heterocycles. The van der Waals surface area contributed by atoms with Crippen molar-refractivity contribution in [3.05, 3.63) is 87.1 Å². The zero-order chi connectivity index (χ0) is 21.5. The highest BCUT2D eigenvalue weighted by Crippen LogP contribution is 2.35. The van der Waals surface area contributed by atoms with Gasteiger partial charge in [-0.25, -0.2) is 0 Å². The van der Waals surface area contributed by atoms with Crippen LogP contribution in [-0.4, -0.2) is 24.2 Å². The van der Waals surface area contributed by atoms with Crippen molar-refractivity contribution in [3.63, 3.8) is 0 Å². The van der Waals surface area contributed by atoms with Gasteiger partial charge in [-0.15, -0.1) is 22.9 Å². The summed E-state index contributed by atoms with van der Waals surface area (Å²) in [4.78, 5) is 28.4. The van der Waals surface area contributed by atoms with Gasteiger partial charge in [-0.2, -0.15) is 0 Å². The topological polar surface area (TPSA) is 49.4 Å². The van der Waals surface area contributed by atoms with Crippen LogP contribution in [0.2, 0.25) is 5.02 Å². The van der Waals surface area contributed by atoms with E-state index in [-0.39, 0.29) is 17.7 Å². The number of benzene rings is 2. The maximum atomic E-state index is 13.3. The summed E-state index contributed by atoms with van der Waals surface area (Å²) in [6, 6.07) is 18.1. The highest BCUT2D eigenvalue weighted by molar-refractivity contribution is 7.10. The van der Waals surface area contributed by atoms with Crippen LogP contribution < -0.4 is 10.2 Å². The molecule has 0 radical (unpaired) electrons. The Balaban J connectivity index is 1.91. The molecule has 7 heteroatoms. The molecule has 30 heavy (non-hydrogen) atoms. The van der Waals surface area contributed by atoms with Gasteiger partial charge in [0.1, 0.15) is 11.9 Å². The lowest BCUT2D eigenvalue weighted by molar-refractivity contribution is -0.125. The summed E-state index contributed by atoms with van der Waals surface area (Å²) >= 11 is 13.6. The van der Waals surface area contributed by atoms with Crippen LogP contribution in [0, 0.1) is 6.92 Å². The average Bonchev–Trinajstić information content (AvgIpc) is 3.28. The summed E-state index contributed by atoms with van der Waals surface area (Å²) in [7, 11) is 0. The maximum absolute atomic E-state index is 13.3. The van der Waals surface area contributed by atoms with Crippen molar-refractivity contribution >= 4 is 52.0 Å². The molecule has 0 bridgehead atoms. The Labute approximate surface area is 190 Å². The van der Waals surface area contributed by atoms with Crippen molar-refractivity contribution in [2.75, 3.05) is 17.3 Å². The van der Waals surface area contributed by atoms with E-state index in [0.29, 0.717) is 23.7 Å². The van der Waals surface area contributed by atoms with Crippen molar-refractivity contribution in [1.29, 1.82) is 0 Å². The zero-order valence-electron chi connectivity index (χ0n) is 16.5. The van der Waals surface area contributed by atoms with E-state index < -0.39 is 6.04 Å². The molecule has 0 spiro atoms. The first-order valence-corrected chi connectivity index (χ1v) is 11.3. The molecule has 0 aliphatic carbocycles. The largest absolute Gasteiger partial charge is 0.354 e. The van der Waals surface area contributed by atoms with E-state index in [2.05, 4.69) is 5.32 Å². The Morgan fingerprint density at radius 2 is 1.83 bits per heavy atom. The standard InChI is InChI=1S/C23H22Cl2N2O2S/c1-16-18(25)9-5-10-19(16)27(21(28)15-24)22(20-11-6-14-30-20)23(29)26-13-12-17-7-3-2-4-8-17/h2-11,14,22H,12-13,15H2,1H3,(H,26,29). The van der Waals surface area contributed by atoms with Gasteiger partial charge in [0, 0.05) is 22.1 Å². The number of thiophene rings is 1. The fourth-order valence-electron chi connectivity index (χ4n) is 3.23. The molecule has 0 aliphatic rings. The van der Waals surface area contributed by atoms with Gasteiger partial charge in [-0.05, 0) is 48.1 Å². The van der Waals surface area contributed by atoms with E-state index in [4.69, 9.17) is 23.2 Å². The summed E-state index contributed by atoms with van der Waals surface area (Å²) < 4.78 is 0. The van der Waals surface area contributed by atoms with Gasteiger partial charge in [-0.1, -0.05) is 54.1 Å². The average molecular weight is 461 g/mol. The molecular weight excluding hydrogens is 439 g/mol. The normalized spacial score (nSPS) is 11.7. The Morgan fingerprint density at radius 3 is 2.50 bits per heavy atom. The van der Waals surface area contributed by atoms with Crippen molar-refractivity contribution in [1.82, 2.24) is 5.32 Å². The molecule has 4 nitrogen and oxygen atoms in total. The van der Waals surface area contributed by atoms with Gasteiger partial charge < -0.3 is 5.32 Å². The summed E-state index contributed by atoms with van der Waals surface area (Å²) in [6.07, 6.45) is 0.698. The van der Waals surface area contributed by atoms with E-state index in [0.717, 1.165) is 16.0 Å². The van der Waals surface area contributed by atoms with Crippen LogP contribution in [0.5, 0.6) is 0 Å². The highest BCUT2D eigenvalue weighted by atomic mass is 35.5. The molecule has 0 saturated heterocycles.